The van der Waals surface area contributed by atoms with Crippen molar-refractivity contribution in [3.05, 3.63) is 30.1 Å². The molecule has 3 rings (SSSR count). The van der Waals surface area contributed by atoms with Crippen LogP contribution in [0, 0.1) is 5.92 Å². The zero-order valence-electron chi connectivity index (χ0n) is 13.4. The van der Waals surface area contributed by atoms with Gasteiger partial charge >= 0.3 is 6.03 Å². The molecule has 2 amide bonds. The van der Waals surface area contributed by atoms with E-state index in [-0.39, 0.29) is 17.5 Å². The number of pyridine rings is 1. The zero-order valence-corrected chi connectivity index (χ0v) is 13.4. The number of aromatic nitrogens is 1. The van der Waals surface area contributed by atoms with Crippen LogP contribution in [0.1, 0.15) is 32.3 Å². The SMILES string of the molecule is CC(C)(CNC(=O)N1CCOC[C@@H]1C1CC1)c1ccncc1. The lowest BCUT2D eigenvalue weighted by Gasteiger charge is -2.36. The lowest BCUT2D eigenvalue weighted by molar-refractivity contribution is 0.00451. The van der Waals surface area contributed by atoms with Gasteiger partial charge < -0.3 is 15.0 Å². The first-order chi connectivity index (χ1) is 10.6. The summed E-state index contributed by atoms with van der Waals surface area (Å²) in [6.07, 6.45) is 6.04. The van der Waals surface area contributed by atoms with Gasteiger partial charge in [0.25, 0.3) is 0 Å². The number of ether oxygens (including phenoxy) is 1. The number of amides is 2. The smallest absolute Gasteiger partial charge is 0.317 e. The molecule has 5 heteroatoms. The lowest BCUT2D eigenvalue weighted by Crippen LogP contribution is -2.54. The number of urea groups is 1. The normalized spacial score (nSPS) is 22.5. The van der Waals surface area contributed by atoms with E-state index in [1.54, 1.807) is 12.4 Å². The largest absolute Gasteiger partial charge is 0.377 e. The molecular weight excluding hydrogens is 278 g/mol. The molecule has 120 valence electrons. The van der Waals surface area contributed by atoms with Gasteiger partial charge in [-0.2, -0.15) is 0 Å². The van der Waals surface area contributed by atoms with Crippen LogP contribution in [0.2, 0.25) is 0 Å². The van der Waals surface area contributed by atoms with Crippen molar-refractivity contribution in [2.75, 3.05) is 26.3 Å². The lowest BCUT2D eigenvalue weighted by atomic mass is 9.85. The Morgan fingerprint density at radius 2 is 2.14 bits per heavy atom. The first-order valence-corrected chi connectivity index (χ1v) is 8.11. The summed E-state index contributed by atoms with van der Waals surface area (Å²) in [5.41, 5.74) is 1.07. The van der Waals surface area contributed by atoms with Crippen LogP contribution in [0.3, 0.4) is 0 Å². The molecule has 5 nitrogen and oxygen atoms in total. The van der Waals surface area contributed by atoms with E-state index in [4.69, 9.17) is 4.74 Å². The van der Waals surface area contributed by atoms with Crippen molar-refractivity contribution in [2.24, 2.45) is 5.92 Å². The van der Waals surface area contributed by atoms with Gasteiger partial charge in [0.2, 0.25) is 0 Å². The third-order valence-electron chi connectivity index (χ3n) is 4.74. The van der Waals surface area contributed by atoms with Gasteiger partial charge in [0.15, 0.2) is 0 Å². The van der Waals surface area contributed by atoms with E-state index in [1.807, 2.05) is 17.0 Å². The van der Waals surface area contributed by atoms with Crippen LogP contribution in [0.15, 0.2) is 24.5 Å². The predicted octanol–water partition coefficient (Wildman–Crippen LogP) is 2.18. The van der Waals surface area contributed by atoms with Crippen LogP contribution in [-0.4, -0.2) is 48.3 Å². The molecule has 22 heavy (non-hydrogen) atoms. The Morgan fingerprint density at radius 3 is 2.82 bits per heavy atom. The average Bonchev–Trinajstić information content (AvgIpc) is 3.38. The van der Waals surface area contributed by atoms with Crippen molar-refractivity contribution >= 4 is 6.03 Å². The summed E-state index contributed by atoms with van der Waals surface area (Å²) in [6.45, 7) is 6.92. The Kier molecular flexibility index (Phi) is 4.34. The molecule has 1 aromatic heterocycles. The Hall–Kier alpha value is -1.62. The van der Waals surface area contributed by atoms with Gasteiger partial charge in [0.1, 0.15) is 0 Å². The van der Waals surface area contributed by atoms with Gasteiger partial charge in [-0.1, -0.05) is 13.8 Å². The molecule has 1 saturated heterocycles. The fourth-order valence-corrected chi connectivity index (χ4v) is 3.05. The number of hydrogen-bond donors (Lipinski definition) is 1. The third-order valence-corrected chi connectivity index (χ3v) is 4.74. The molecule has 2 heterocycles. The minimum absolute atomic E-state index is 0.0438. The highest BCUT2D eigenvalue weighted by Gasteiger charge is 2.39. The molecule has 0 bridgehead atoms. The van der Waals surface area contributed by atoms with Gasteiger partial charge in [0, 0.05) is 30.9 Å². The number of nitrogens with zero attached hydrogens (tertiary/aromatic N) is 2. The van der Waals surface area contributed by atoms with Gasteiger partial charge in [-0.25, -0.2) is 4.79 Å². The molecule has 1 atom stereocenters. The number of carbonyl (C=O) groups excluding carboxylic acids is 1. The summed E-state index contributed by atoms with van der Waals surface area (Å²) in [5.74, 6) is 0.638. The van der Waals surface area contributed by atoms with Crippen LogP contribution < -0.4 is 5.32 Å². The Morgan fingerprint density at radius 1 is 1.41 bits per heavy atom. The summed E-state index contributed by atoms with van der Waals surface area (Å²) < 4.78 is 5.55. The maximum Gasteiger partial charge on any atom is 0.317 e. The summed E-state index contributed by atoms with van der Waals surface area (Å²) in [7, 11) is 0. The average molecular weight is 303 g/mol. The highest BCUT2D eigenvalue weighted by molar-refractivity contribution is 5.75. The molecule has 2 aliphatic rings. The van der Waals surface area contributed by atoms with E-state index >= 15 is 0 Å². The van der Waals surface area contributed by atoms with Crippen molar-refractivity contribution in [3.63, 3.8) is 0 Å². The monoisotopic (exact) mass is 303 g/mol. The van der Waals surface area contributed by atoms with Gasteiger partial charge in [-0.3, -0.25) is 4.98 Å². The second kappa shape index (κ2) is 6.24. The van der Waals surface area contributed by atoms with Crippen molar-refractivity contribution in [1.29, 1.82) is 0 Å². The highest BCUT2D eigenvalue weighted by Crippen LogP contribution is 2.36. The van der Waals surface area contributed by atoms with Crippen molar-refractivity contribution in [2.45, 2.75) is 38.1 Å². The summed E-state index contributed by atoms with van der Waals surface area (Å²) in [5, 5.41) is 3.11. The van der Waals surface area contributed by atoms with E-state index < -0.39 is 0 Å². The quantitative estimate of drug-likeness (QED) is 0.927. The Balaban J connectivity index is 1.59. The molecule has 0 unspecified atom stereocenters. The van der Waals surface area contributed by atoms with E-state index in [0.717, 1.165) is 0 Å². The zero-order chi connectivity index (χ0) is 15.6. The fourth-order valence-electron chi connectivity index (χ4n) is 3.05. The molecule has 1 saturated carbocycles. The highest BCUT2D eigenvalue weighted by atomic mass is 16.5. The van der Waals surface area contributed by atoms with Crippen LogP contribution >= 0.6 is 0 Å². The number of carbonyl (C=O) groups is 1. The minimum Gasteiger partial charge on any atom is -0.377 e. The minimum atomic E-state index is -0.111. The number of rotatable bonds is 4. The summed E-state index contributed by atoms with van der Waals surface area (Å²) >= 11 is 0. The fraction of sp³-hybridized carbons (Fsp3) is 0.647. The first-order valence-electron chi connectivity index (χ1n) is 8.11. The van der Waals surface area contributed by atoms with Crippen LogP contribution in [0.5, 0.6) is 0 Å². The van der Waals surface area contributed by atoms with E-state index in [2.05, 4.69) is 24.1 Å². The van der Waals surface area contributed by atoms with Crippen LogP contribution in [0.25, 0.3) is 0 Å². The molecule has 1 aliphatic heterocycles. The van der Waals surface area contributed by atoms with E-state index in [1.165, 1.54) is 18.4 Å². The number of hydrogen-bond acceptors (Lipinski definition) is 3. The van der Waals surface area contributed by atoms with Gasteiger partial charge in [-0.15, -0.1) is 0 Å². The van der Waals surface area contributed by atoms with Crippen LogP contribution in [-0.2, 0) is 10.2 Å². The third kappa shape index (κ3) is 3.40. The molecule has 0 aromatic carbocycles. The van der Waals surface area contributed by atoms with Crippen molar-refractivity contribution in [3.8, 4) is 0 Å². The number of morpholine rings is 1. The Labute approximate surface area is 132 Å². The predicted molar refractivity (Wildman–Crippen MR) is 84.7 cm³/mol. The maximum absolute atomic E-state index is 12.6. The van der Waals surface area contributed by atoms with Crippen molar-refractivity contribution < 1.29 is 9.53 Å². The van der Waals surface area contributed by atoms with E-state index in [9.17, 15) is 4.79 Å². The Bertz CT molecular complexity index is 514. The molecule has 2 fully saturated rings. The molecule has 0 spiro atoms. The van der Waals surface area contributed by atoms with Gasteiger partial charge in [-0.05, 0) is 36.5 Å². The first kappa shape index (κ1) is 15.3. The molecule has 1 aliphatic carbocycles. The summed E-state index contributed by atoms with van der Waals surface area (Å²) in [6, 6.07) is 4.32. The van der Waals surface area contributed by atoms with E-state index in [0.29, 0.717) is 32.2 Å². The summed E-state index contributed by atoms with van der Waals surface area (Å²) in [4.78, 5) is 18.6. The second-order valence-corrected chi connectivity index (χ2v) is 6.95. The topological polar surface area (TPSA) is 54.5 Å². The standard InChI is InChI=1S/C17H25N3O2/c1-17(2,14-5-7-18-8-6-14)12-19-16(21)20-9-10-22-11-15(20)13-3-4-13/h5-8,13,15H,3-4,9-12H2,1-2H3,(H,19,21)/t15-/m1/s1. The molecular formula is C17H25N3O2. The molecule has 1 N–H and O–H groups in total. The molecule has 0 radical (unpaired) electrons. The maximum atomic E-state index is 12.6. The van der Waals surface area contributed by atoms with Gasteiger partial charge in [0.05, 0.1) is 19.3 Å². The number of nitrogens with one attached hydrogen (secondary N) is 1. The van der Waals surface area contributed by atoms with Crippen LogP contribution in [0.4, 0.5) is 4.79 Å². The molecule has 1 aromatic rings. The second-order valence-electron chi connectivity index (χ2n) is 6.95. The van der Waals surface area contributed by atoms with Crippen molar-refractivity contribution in [1.82, 2.24) is 15.2 Å².